The normalized spacial score (nSPS) is 19.6. The monoisotopic (exact) mass is 272 g/mol. The van der Waals surface area contributed by atoms with Crippen molar-refractivity contribution in [2.75, 3.05) is 5.73 Å². The molecule has 2 N–H and O–H groups in total. The molecule has 8 heteroatoms. The second-order valence-electron chi connectivity index (χ2n) is 3.32. The fourth-order valence-corrected chi connectivity index (χ4v) is 1.86. The van der Waals surface area contributed by atoms with E-state index in [1.807, 2.05) is 12.2 Å². The third-order valence-electron chi connectivity index (χ3n) is 2.09. The maximum Gasteiger partial charge on any atom is 0.278 e. The Hall–Kier alpha value is -1.47. The summed E-state index contributed by atoms with van der Waals surface area (Å²) in [4.78, 5) is 20.2. The standard InChI is InChI=1S/C9H9ClN4O2S/c10-7(15)6(8-12-9(11)17-14-8)13-16-5-3-1-2-4-5/h1,3,5H,2,4H2,(H2,11,12,14)/b13-6+. The van der Waals surface area contributed by atoms with Crippen LogP contribution in [0.2, 0.25) is 0 Å². The Kier molecular flexibility index (Phi) is 3.70. The van der Waals surface area contributed by atoms with Crippen LogP contribution in [0.25, 0.3) is 0 Å². The van der Waals surface area contributed by atoms with E-state index in [-0.39, 0.29) is 22.8 Å². The van der Waals surface area contributed by atoms with E-state index in [2.05, 4.69) is 14.5 Å². The highest BCUT2D eigenvalue weighted by atomic mass is 35.5. The van der Waals surface area contributed by atoms with Crippen molar-refractivity contribution in [2.24, 2.45) is 5.16 Å². The molecule has 2 rings (SSSR count). The summed E-state index contributed by atoms with van der Waals surface area (Å²) in [6, 6.07) is 0. The fourth-order valence-electron chi connectivity index (χ4n) is 1.31. The van der Waals surface area contributed by atoms with Crippen molar-refractivity contribution < 1.29 is 9.63 Å². The number of nitrogens with two attached hydrogens (primary N) is 1. The summed E-state index contributed by atoms with van der Waals surface area (Å²) in [5.74, 6) is 0.0921. The molecule has 1 aliphatic rings. The van der Waals surface area contributed by atoms with Gasteiger partial charge in [-0.2, -0.15) is 9.36 Å². The molecular weight excluding hydrogens is 264 g/mol. The maximum absolute atomic E-state index is 11.2. The third kappa shape index (κ3) is 3.01. The quantitative estimate of drug-likeness (QED) is 0.386. The van der Waals surface area contributed by atoms with Crippen LogP contribution >= 0.6 is 23.1 Å². The van der Waals surface area contributed by atoms with E-state index in [0.717, 1.165) is 24.4 Å². The zero-order chi connectivity index (χ0) is 12.3. The first-order valence-electron chi connectivity index (χ1n) is 4.86. The van der Waals surface area contributed by atoms with Gasteiger partial charge in [-0.1, -0.05) is 11.2 Å². The smallest absolute Gasteiger partial charge is 0.278 e. The lowest BCUT2D eigenvalue weighted by Crippen LogP contribution is -2.14. The molecule has 1 aromatic heterocycles. The van der Waals surface area contributed by atoms with Gasteiger partial charge in [0.15, 0.2) is 5.13 Å². The highest BCUT2D eigenvalue weighted by molar-refractivity contribution is 7.09. The van der Waals surface area contributed by atoms with Crippen LogP contribution in [0.5, 0.6) is 0 Å². The lowest BCUT2D eigenvalue weighted by atomic mass is 10.3. The summed E-state index contributed by atoms with van der Waals surface area (Å²) in [5.41, 5.74) is 5.29. The Labute approximate surface area is 106 Å². The number of nitrogen functional groups attached to an aromatic ring is 1. The average Bonchev–Trinajstić information content (AvgIpc) is 2.90. The molecule has 6 nitrogen and oxygen atoms in total. The Morgan fingerprint density at radius 2 is 2.53 bits per heavy atom. The minimum Gasteiger partial charge on any atom is -0.387 e. The lowest BCUT2D eigenvalue weighted by Gasteiger charge is -2.05. The number of nitrogens with zero attached hydrogens (tertiary/aromatic N) is 3. The molecule has 0 fully saturated rings. The van der Waals surface area contributed by atoms with Crippen molar-refractivity contribution >= 4 is 39.2 Å². The van der Waals surface area contributed by atoms with Gasteiger partial charge in [0.05, 0.1) is 0 Å². The molecule has 0 aromatic carbocycles. The molecule has 90 valence electrons. The van der Waals surface area contributed by atoms with Crippen LogP contribution in [0.3, 0.4) is 0 Å². The van der Waals surface area contributed by atoms with Gasteiger partial charge in [0.1, 0.15) is 6.10 Å². The number of anilines is 1. The van der Waals surface area contributed by atoms with Crippen molar-refractivity contribution in [1.82, 2.24) is 9.36 Å². The molecule has 0 amide bonds. The first kappa shape index (κ1) is 12.0. The predicted molar refractivity (Wildman–Crippen MR) is 65.0 cm³/mol. The van der Waals surface area contributed by atoms with Gasteiger partial charge >= 0.3 is 0 Å². The minimum atomic E-state index is -0.773. The number of hydrogen-bond donors (Lipinski definition) is 1. The maximum atomic E-state index is 11.2. The number of oxime groups is 1. The van der Waals surface area contributed by atoms with Gasteiger partial charge in [0.25, 0.3) is 5.24 Å². The molecule has 0 spiro atoms. The molecule has 0 saturated carbocycles. The molecule has 1 aromatic rings. The van der Waals surface area contributed by atoms with Crippen LogP contribution in [0.15, 0.2) is 17.3 Å². The Bertz CT molecular complexity index is 485. The molecule has 1 heterocycles. The van der Waals surface area contributed by atoms with E-state index in [4.69, 9.17) is 22.2 Å². The Morgan fingerprint density at radius 3 is 3.06 bits per heavy atom. The first-order valence-corrected chi connectivity index (χ1v) is 6.02. The lowest BCUT2D eigenvalue weighted by molar-refractivity contribution is -0.106. The summed E-state index contributed by atoms with van der Waals surface area (Å²) >= 11 is 6.35. The van der Waals surface area contributed by atoms with Crippen molar-refractivity contribution in [3.05, 3.63) is 18.0 Å². The van der Waals surface area contributed by atoms with Crippen LogP contribution in [0.4, 0.5) is 5.13 Å². The molecule has 17 heavy (non-hydrogen) atoms. The van der Waals surface area contributed by atoms with Crippen LogP contribution < -0.4 is 5.73 Å². The van der Waals surface area contributed by atoms with Gasteiger partial charge in [-0.05, 0) is 30.5 Å². The highest BCUT2D eigenvalue weighted by Gasteiger charge is 2.19. The number of rotatable bonds is 4. The van der Waals surface area contributed by atoms with Gasteiger partial charge < -0.3 is 10.6 Å². The molecule has 1 atom stereocenters. The van der Waals surface area contributed by atoms with Gasteiger partial charge in [-0.3, -0.25) is 4.79 Å². The zero-order valence-corrected chi connectivity index (χ0v) is 10.2. The summed E-state index contributed by atoms with van der Waals surface area (Å²) < 4.78 is 3.85. The molecule has 0 aliphatic heterocycles. The van der Waals surface area contributed by atoms with Crippen molar-refractivity contribution in [1.29, 1.82) is 0 Å². The summed E-state index contributed by atoms with van der Waals surface area (Å²) in [6.45, 7) is 0. The van der Waals surface area contributed by atoms with E-state index in [9.17, 15) is 4.79 Å². The van der Waals surface area contributed by atoms with Crippen molar-refractivity contribution in [2.45, 2.75) is 18.9 Å². The second-order valence-corrected chi connectivity index (χ2v) is 4.45. The molecule has 0 bridgehead atoms. The van der Waals surface area contributed by atoms with Crippen LogP contribution in [-0.4, -0.2) is 26.4 Å². The summed E-state index contributed by atoms with van der Waals surface area (Å²) in [5, 5.41) is 3.17. The molecule has 0 saturated heterocycles. The van der Waals surface area contributed by atoms with Gasteiger partial charge in [0.2, 0.25) is 11.5 Å². The fraction of sp³-hybridized carbons (Fsp3) is 0.333. The summed E-state index contributed by atoms with van der Waals surface area (Å²) in [6.07, 6.45) is 5.51. The Balaban J connectivity index is 2.14. The van der Waals surface area contributed by atoms with E-state index in [1.165, 1.54) is 0 Å². The van der Waals surface area contributed by atoms with Crippen LogP contribution in [0.1, 0.15) is 18.7 Å². The van der Waals surface area contributed by atoms with Gasteiger partial charge in [-0.25, -0.2) is 0 Å². The number of allylic oxidation sites excluding steroid dienone is 1. The van der Waals surface area contributed by atoms with E-state index in [0.29, 0.717) is 0 Å². The largest absolute Gasteiger partial charge is 0.387 e. The number of aromatic nitrogens is 2. The summed E-state index contributed by atoms with van der Waals surface area (Å²) in [7, 11) is 0. The van der Waals surface area contributed by atoms with Crippen LogP contribution in [-0.2, 0) is 9.63 Å². The van der Waals surface area contributed by atoms with E-state index in [1.54, 1.807) is 0 Å². The highest BCUT2D eigenvalue weighted by Crippen LogP contribution is 2.14. The molecular formula is C9H9ClN4O2S. The first-order chi connectivity index (χ1) is 8.16. The van der Waals surface area contributed by atoms with Gasteiger partial charge in [0, 0.05) is 11.5 Å². The molecule has 0 radical (unpaired) electrons. The van der Waals surface area contributed by atoms with E-state index < -0.39 is 5.24 Å². The average molecular weight is 273 g/mol. The number of carbonyl (C=O) groups excluding carboxylic acids is 1. The topological polar surface area (TPSA) is 90.5 Å². The number of hydrogen-bond acceptors (Lipinski definition) is 7. The SMILES string of the molecule is Nc1nc(/C(=N/OC2C=CCC2)C(=O)Cl)ns1. The molecule has 1 unspecified atom stereocenters. The van der Waals surface area contributed by atoms with Crippen LogP contribution in [0, 0.1) is 0 Å². The number of carbonyl (C=O) groups is 1. The minimum absolute atomic E-state index is 0.0921. The Morgan fingerprint density at radius 1 is 1.71 bits per heavy atom. The molecule has 1 aliphatic carbocycles. The van der Waals surface area contributed by atoms with E-state index >= 15 is 0 Å². The zero-order valence-electron chi connectivity index (χ0n) is 8.67. The predicted octanol–water partition coefficient (Wildman–Crippen LogP) is 1.32. The number of halogens is 1. The third-order valence-corrected chi connectivity index (χ3v) is 2.81. The second kappa shape index (κ2) is 5.24. The van der Waals surface area contributed by atoms with Crippen molar-refractivity contribution in [3.63, 3.8) is 0 Å². The van der Waals surface area contributed by atoms with Gasteiger partial charge in [-0.15, -0.1) is 0 Å². The van der Waals surface area contributed by atoms with Crippen molar-refractivity contribution in [3.8, 4) is 0 Å².